The molecule has 35 heavy (non-hydrogen) atoms. The van der Waals surface area contributed by atoms with Crippen molar-refractivity contribution in [3.63, 3.8) is 0 Å². The van der Waals surface area contributed by atoms with Gasteiger partial charge in [-0.3, -0.25) is 4.79 Å². The lowest BCUT2D eigenvalue weighted by molar-refractivity contribution is -0.305. The number of ether oxygens (including phenoxy) is 5. The Kier molecular flexibility index (Phi) is 8.70. The highest BCUT2D eigenvalue weighted by atomic mass is 16.7. The largest absolute Gasteiger partial charge is 0.504 e. The van der Waals surface area contributed by atoms with Crippen LogP contribution >= 0.6 is 0 Å². The van der Waals surface area contributed by atoms with Crippen LogP contribution in [0.5, 0.6) is 11.5 Å². The predicted octanol–water partition coefficient (Wildman–Crippen LogP) is -0.904. The van der Waals surface area contributed by atoms with E-state index in [9.17, 15) is 35.1 Å². The van der Waals surface area contributed by atoms with Gasteiger partial charge in [0.25, 0.3) is 0 Å². The minimum atomic E-state index is -1.65. The summed E-state index contributed by atoms with van der Waals surface area (Å²) >= 11 is 0. The van der Waals surface area contributed by atoms with E-state index >= 15 is 0 Å². The van der Waals surface area contributed by atoms with E-state index in [0.29, 0.717) is 5.56 Å². The van der Waals surface area contributed by atoms with Crippen LogP contribution in [0.4, 0.5) is 0 Å². The molecular formula is C23H30O12. The topological polar surface area (TPSA) is 181 Å². The average molecular weight is 498 g/mol. The number of phenolic OH excluding ortho intramolecular Hbond substituents is 1. The molecule has 12 heteroatoms. The van der Waals surface area contributed by atoms with Crippen molar-refractivity contribution in [3.8, 4) is 11.5 Å². The van der Waals surface area contributed by atoms with Crippen molar-refractivity contribution < 1.29 is 58.8 Å². The summed E-state index contributed by atoms with van der Waals surface area (Å²) in [4.78, 5) is 23.4. The highest BCUT2D eigenvalue weighted by Crippen LogP contribution is 2.30. The molecule has 1 aromatic rings. The summed E-state index contributed by atoms with van der Waals surface area (Å²) in [5.74, 6) is -1.71. The van der Waals surface area contributed by atoms with Crippen molar-refractivity contribution in [2.24, 2.45) is 5.92 Å². The van der Waals surface area contributed by atoms with Crippen LogP contribution in [0.15, 0.2) is 24.3 Å². The quantitative estimate of drug-likeness (QED) is 0.209. The molecule has 7 atom stereocenters. The zero-order valence-corrected chi connectivity index (χ0v) is 19.3. The second-order valence-electron chi connectivity index (χ2n) is 8.58. The SMILES string of the molecule is COc1cc(C=CC(=O)OC[C@H]2O[C@H](OC[C@@H](C)[C@]3(O)COC(=O)C3)[C@H](O)[C@@H](O)[C@@H]2O)ccc1O. The summed E-state index contributed by atoms with van der Waals surface area (Å²) in [6, 6.07) is 4.47. The summed E-state index contributed by atoms with van der Waals surface area (Å²) in [5, 5.41) is 50.7. The Morgan fingerprint density at radius 1 is 1.26 bits per heavy atom. The second-order valence-corrected chi connectivity index (χ2v) is 8.58. The number of carbonyl (C=O) groups is 2. The van der Waals surface area contributed by atoms with Crippen LogP contribution in [-0.4, -0.2) is 101 Å². The van der Waals surface area contributed by atoms with Crippen LogP contribution in [0, 0.1) is 5.92 Å². The van der Waals surface area contributed by atoms with Gasteiger partial charge in [0.2, 0.25) is 0 Å². The van der Waals surface area contributed by atoms with Crippen LogP contribution in [0.3, 0.4) is 0 Å². The van der Waals surface area contributed by atoms with Crippen LogP contribution in [0.25, 0.3) is 6.08 Å². The Bertz CT molecular complexity index is 933. The van der Waals surface area contributed by atoms with Gasteiger partial charge in [0.1, 0.15) is 43.2 Å². The molecule has 0 bridgehead atoms. The number of aromatic hydroxyl groups is 1. The fourth-order valence-electron chi connectivity index (χ4n) is 3.63. The molecule has 194 valence electrons. The molecule has 0 unspecified atom stereocenters. The van der Waals surface area contributed by atoms with Gasteiger partial charge in [-0.05, 0) is 23.8 Å². The third-order valence-electron chi connectivity index (χ3n) is 6.04. The van der Waals surface area contributed by atoms with Crippen LogP contribution in [-0.2, 0) is 28.5 Å². The molecule has 5 N–H and O–H groups in total. The fraction of sp³-hybridized carbons (Fsp3) is 0.565. The molecule has 0 spiro atoms. The van der Waals surface area contributed by atoms with E-state index in [1.54, 1.807) is 13.0 Å². The van der Waals surface area contributed by atoms with Gasteiger partial charge in [0, 0.05) is 12.0 Å². The van der Waals surface area contributed by atoms with Crippen molar-refractivity contribution in [1.82, 2.24) is 0 Å². The van der Waals surface area contributed by atoms with Gasteiger partial charge in [-0.15, -0.1) is 0 Å². The first-order valence-corrected chi connectivity index (χ1v) is 10.9. The monoisotopic (exact) mass is 498 g/mol. The molecule has 0 saturated carbocycles. The number of phenols is 1. The second kappa shape index (κ2) is 11.3. The predicted molar refractivity (Wildman–Crippen MR) is 117 cm³/mol. The van der Waals surface area contributed by atoms with E-state index in [4.69, 9.17) is 23.7 Å². The van der Waals surface area contributed by atoms with Gasteiger partial charge in [-0.25, -0.2) is 4.79 Å². The van der Waals surface area contributed by atoms with Crippen molar-refractivity contribution in [3.05, 3.63) is 29.8 Å². The molecule has 2 heterocycles. The van der Waals surface area contributed by atoms with Crippen LogP contribution in [0.2, 0.25) is 0 Å². The normalized spacial score (nSPS) is 31.8. The Balaban J connectivity index is 1.53. The standard InChI is InChI=1S/C23H30O12/c1-12(23(30)8-18(26)34-11-23)9-33-22-21(29)20(28)19(27)16(35-22)10-32-17(25)6-4-13-3-5-14(24)15(7-13)31-2/h3-7,12,16,19-22,24,27-30H,8-11H2,1-2H3/t12-,16-,19-,20+,21-,22+,23-/m1/s1. The lowest BCUT2D eigenvalue weighted by Gasteiger charge is -2.40. The number of aliphatic hydroxyl groups excluding tert-OH is 3. The Labute approximate surface area is 201 Å². The third-order valence-corrected chi connectivity index (χ3v) is 6.04. The number of aliphatic hydroxyl groups is 4. The molecule has 2 saturated heterocycles. The molecule has 12 nitrogen and oxygen atoms in total. The van der Waals surface area contributed by atoms with Crippen LogP contribution < -0.4 is 4.74 Å². The van der Waals surface area contributed by atoms with Gasteiger partial charge >= 0.3 is 11.9 Å². The smallest absolute Gasteiger partial charge is 0.330 e. The summed E-state index contributed by atoms with van der Waals surface area (Å²) in [6.07, 6.45) is -5.07. The van der Waals surface area contributed by atoms with Gasteiger partial charge in [0.05, 0.1) is 20.1 Å². The highest BCUT2D eigenvalue weighted by molar-refractivity contribution is 5.87. The van der Waals surface area contributed by atoms with E-state index in [-0.39, 0.29) is 31.1 Å². The Morgan fingerprint density at radius 2 is 2.00 bits per heavy atom. The Hall–Kier alpha value is -2.74. The number of methoxy groups -OCH3 is 1. The van der Waals surface area contributed by atoms with E-state index < -0.39 is 60.8 Å². The number of esters is 2. The molecular weight excluding hydrogens is 468 g/mol. The van der Waals surface area contributed by atoms with Crippen molar-refractivity contribution in [2.45, 2.75) is 49.7 Å². The summed E-state index contributed by atoms with van der Waals surface area (Å²) in [6.45, 7) is 0.838. The van der Waals surface area contributed by atoms with Crippen molar-refractivity contribution in [1.29, 1.82) is 0 Å². The number of hydrogen-bond donors (Lipinski definition) is 5. The maximum atomic E-state index is 12.1. The molecule has 0 aromatic heterocycles. The molecule has 0 amide bonds. The van der Waals surface area contributed by atoms with Crippen LogP contribution in [0.1, 0.15) is 18.9 Å². The first-order valence-electron chi connectivity index (χ1n) is 10.9. The Morgan fingerprint density at radius 3 is 2.66 bits per heavy atom. The number of carbonyl (C=O) groups excluding carboxylic acids is 2. The van der Waals surface area contributed by atoms with Gasteiger partial charge in [-0.1, -0.05) is 13.0 Å². The number of rotatable bonds is 9. The van der Waals surface area contributed by atoms with E-state index in [2.05, 4.69) is 0 Å². The summed E-state index contributed by atoms with van der Waals surface area (Å²) < 4.78 is 25.9. The first kappa shape index (κ1) is 26.9. The maximum absolute atomic E-state index is 12.1. The highest BCUT2D eigenvalue weighted by Gasteiger charge is 2.47. The summed E-state index contributed by atoms with van der Waals surface area (Å²) in [5.41, 5.74) is -0.875. The van der Waals surface area contributed by atoms with E-state index in [1.165, 1.54) is 25.3 Å². The van der Waals surface area contributed by atoms with E-state index in [0.717, 1.165) is 6.08 Å². The molecule has 0 radical (unpaired) electrons. The zero-order valence-electron chi connectivity index (χ0n) is 19.3. The minimum absolute atomic E-state index is 0.0539. The lowest BCUT2D eigenvalue weighted by Crippen LogP contribution is -2.59. The number of benzene rings is 1. The number of cyclic esters (lactones) is 1. The molecule has 2 aliphatic rings. The fourth-order valence-corrected chi connectivity index (χ4v) is 3.63. The summed E-state index contributed by atoms with van der Waals surface area (Å²) in [7, 11) is 1.39. The molecule has 2 fully saturated rings. The van der Waals surface area contributed by atoms with Gasteiger partial charge in [-0.2, -0.15) is 0 Å². The lowest BCUT2D eigenvalue weighted by atomic mass is 9.88. The minimum Gasteiger partial charge on any atom is -0.504 e. The third kappa shape index (κ3) is 6.48. The molecule has 0 aliphatic carbocycles. The van der Waals surface area contributed by atoms with Crippen molar-refractivity contribution >= 4 is 18.0 Å². The molecule has 2 aliphatic heterocycles. The zero-order chi connectivity index (χ0) is 25.8. The maximum Gasteiger partial charge on any atom is 0.330 e. The van der Waals surface area contributed by atoms with E-state index in [1.807, 2.05) is 0 Å². The van der Waals surface area contributed by atoms with Crippen molar-refractivity contribution in [2.75, 3.05) is 26.9 Å². The molecule has 1 aromatic carbocycles. The first-order chi connectivity index (χ1) is 16.5. The average Bonchev–Trinajstić information content (AvgIpc) is 3.20. The molecule has 3 rings (SSSR count). The van der Waals surface area contributed by atoms with Gasteiger partial charge < -0.3 is 49.2 Å². The van der Waals surface area contributed by atoms with Gasteiger partial charge in [0.15, 0.2) is 17.8 Å². The number of hydrogen-bond acceptors (Lipinski definition) is 12.